The third-order valence-corrected chi connectivity index (χ3v) is 3.75. The molecule has 0 saturated carbocycles. The Morgan fingerprint density at radius 1 is 1.29 bits per heavy atom. The SMILES string of the molecule is CCC=C(C)C(=O)Nc1cccc(-n2ncc(C(=O)OCC)c2C(F)(F)F)c1. The third kappa shape index (κ3) is 4.79. The Labute approximate surface area is 160 Å². The first-order valence-electron chi connectivity index (χ1n) is 8.59. The van der Waals surface area contributed by atoms with Gasteiger partial charge in [-0.1, -0.05) is 19.1 Å². The summed E-state index contributed by atoms with van der Waals surface area (Å²) in [6.07, 6.45) is -1.60. The third-order valence-electron chi connectivity index (χ3n) is 3.75. The molecule has 150 valence electrons. The fourth-order valence-electron chi connectivity index (χ4n) is 2.52. The van der Waals surface area contributed by atoms with Gasteiger partial charge in [-0.15, -0.1) is 0 Å². The lowest BCUT2D eigenvalue weighted by Gasteiger charge is -2.13. The maximum atomic E-state index is 13.6. The van der Waals surface area contributed by atoms with Gasteiger partial charge in [0.25, 0.3) is 5.91 Å². The molecule has 2 rings (SSSR count). The minimum atomic E-state index is -4.84. The van der Waals surface area contributed by atoms with Crippen LogP contribution in [-0.4, -0.2) is 28.3 Å². The lowest BCUT2D eigenvalue weighted by molar-refractivity contribution is -0.143. The second-order valence-electron chi connectivity index (χ2n) is 5.84. The van der Waals surface area contributed by atoms with Gasteiger partial charge in [0.05, 0.1) is 18.5 Å². The normalized spacial score (nSPS) is 12.0. The van der Waals surface area contributed by atoms with Gasteiger partial charge in [-0.25, -0.2) is 9.48 Å². The van der Waals surface area contributed by atoms with Gasteiger partial charge in [-0.3, -0.25) is 4.79 Å². The Morgan fingerprint density at radius 2 is 2.00 bits per heavy atom. The number of nitrogens with zero attached hydrogens (tertiary/aromatic N) is 2. The van der Waals surface area contributed by atoms with Crippen molar-refractivity contribution in [3.63, 3.8) is 0 Å². The van der Waals surface area contributed by atoms with Crippen molar-refractivity contribution in [2.45, 2.75) is 33.4 Å². The highest BCUT2D eigenvalue weighted by Gasteiger charge is 2.41. The zero-order chi connectivity index (χ0) is 20.9. The molecule has 0 unspecified atom stereocenters. The molecule has 0 atom stereocenters. The summed E-state index contributed by atoms with van der Waals surface area (Å²) < 4.78 is 46.0. The molecule has 1 aromatic heterocycles. The van der Waals surface area contributed by atoms with E-state index in [1.165, 1.54) is 25.1 Å². The monoisotopic (exact) mass is 395 g/mol. The zero-order valence-corrected chi connectivity index (χ0v) is 15.6. The second kappa shape index (κ2) is 8.73. The number of allylic oxidation sites excluding steroid dienone is 1. The zero-order valence-electron chi connectivity index (χ0n) is 15.6. The van der Waals surface area contributed by atoms with Crippen LogP contribution in [0.4, 0.5) is 18.9 Å². The lowest BCUT2D eigenvalue weighted by atomic mass is 10.2. The standard InChI is InChI=1S/C19H20F3N3O3/c1-4-7-12(3)17(26)24-13-8-6-9-14(10-13)25-16(19(20,21)22)15(11-23-25)18(27)28-5-2/h6-11H,4-5H2,1-3H3,(H,24,26). The molecule has 28 heavy (non-hydrogen) atoms. The average molecular weight is 395 g/mol. The molecule has 0 radical (unpaired) electrons. The molecule has 1 N–H and O–H groups in total. The van der Waals surface area contributed by atoms with E-state index in [0.29, 0.717) is 22.4 Å². The molecule has 0 aliphatic rings. The fraction of sp³-hybridized carbons (Fsp3) is 0.316. The molecule has 1 amide bonds. The van der Waals surface area contributed by atoms with E-state index in [4.69, 9.17) is 0 Å². The van der Waals surface area contributed by atoms with Gasteiger partial charge in [0, 0.05) is 11.3 Å². The van der Waals surface area contributed by atoms with Crippen molar-refractivity contribution in [3.05, 3.63) is 53.4 Å². The van der Waals surface area contributed by atoms with E-state index in [-0.39, 0.29) is 18.2 Å². The van der Waals surface area contributed by atoms with E-state index < -0.39 is 23.4 Å². The van der Waals surface area contributed by atoms with Crippen molar-refractivity contribution in [2.75, 3.05) is 11.9 Å². The topological polar surface area (TPSA) is 73.2 Å². The van der Waals surface area contributed by atoms with Crippen molar-refractivity contribution < 1.29 is 27.5 Å². The molecule has 6 nitrogen and oxygen atoms in total. The lowest BCUT2D eigenvalue weighted by Crippen LogP contribution is -2.19. The molecule has 1 heterocycles. The molecule has 2 aromatic rings. The van der Waals surface area contributed by atoms with Crippen molar-refractivity contribution in [2.24, 2.45) is 0 Å². The smallest absolute Gasteiger partial charge is 0.434 e. The number of hydrogen-bond donors (Lipinski definition) is 1. The average Bonchev–Trinajstić information content (AvgIpc) is 3.08. The molecule has 0 saturated heterocycles. The van der Waals surface area contributed by atoms with Gasteiger partial charge in [-0.05, 0) is 38.5 Å². The Balaban J connectivity index is 2.45. The van der Waals surface area contributed by atoms with Gasteiger partial charge < -0.3 is 10.1 Å². The number of halogens is 3. The van der Waals surface area contributed by atoms with Crippen molar-refractivity contribution in [1.82, 2.24) is 9.78 Å². The van der Waals surface area contributed by atoms with Crippen LogP contribution in [0.15, 0.2) is 42.1 Å². The number of rotatable bonds is 6. The van der Waals surface area contributed by atoms with Crippen LogP contribution in [-0.2, 0) is 15.7 Å². The largest absolute Gasteiger partial charge is 0.462 e. The van der Waals surface area contributed by atoms with Crippen LogP contribution >= 0.6 is 0 Å². The van der Waals surface area contributed by atoms with Gasteiger partial charge in [0.1, 0.15) is 5.56 Å². The summed E-state index contributed by atoms with van der Waals surface area (Å²) in [5.74, 6) is -1.46. The molecule has 0 fully saturated rings. The first-order valence-corrected chi connectivity index (χ1v) is 8.59. The fourth-order valence-corrected chi connectivity index (χ4v) is 2.52. The van der Waals surface area contributed by atoms with Gasteiger partial charge in [-0.2, -0.15) is 18.3 Å². The number of carbonyl (C=O) groups excluding carboxylic acids is 2. The van der Waals surface area contributed by atoms with E-state index >= 15 is 0 Å². The Kier molecular flexibility index (Phi) is 6.61. The van der Waals surface area contributed by atoms with E-state index in [0.717, 1.165) is 6.20 Å². The number of anilines is 1. The summed E-state index contributed by atoms with van der Waals surface area (Å²) in [7, 11) is 0. The van der Waals surface area contributed by atoms with Crippen LogP contribution in [0.1, 0.15) is 43.2 Å². The molecule has 9 heteroatoms. The van der Waals surface area contributed by atoms with E-state index in [1.807, 2.05) is 6.92 Å². The second-order valence-corrected chi connectivity index (χ2v) is 5.84. The van der Waals surface area contributed by atoms with Crippen molar-refractivity contribution in [1.29, 1.82) is 0 Å². The first kappa shape index (κ1) is 21.2. The number of aromatic nitrogens is 2. The number of ether oxygens (including phenoxy) is 1. The predicted octanol–water partition coefficient (Wildman–Crippen LogP) is 4.36. The van der Waals surface area contributed by atoms with E-state index in [9.17, 15) is 22.8 Å². The molecule has 0 bridgehead atoms. The Morgan fingerprint density at radius 3 is 2.61 bits per heavy atom. The van der Waals surface area contributed by atoms with Crippen LogP contribution in [0.2, 0.25) is 0 Å². The van der Waals surface area contributed by atoms with Gasteiger partial charge in [0.2, 0.25) is 0 Å². The van der Waals surface area contributed by atoms with Crippen molar-refractivity contribution in [3.8, 4) is 5.69 Å². The summed E-state index contributed by atoms with van der Waals surface area (Å²) in [6, 6.07) is 5.76. The van der Waals surface area contributed by atoms with Crippen molar-refractivity contribution >= 4 is 17.6 Å². The highest BCUT2D eigenvalue weighted by molar-refractivity contribution is 6.03. The summed E-state index contributed by atoms with van der Waals surface area (Å²) in [6.45, 7) is 4.96. The van der Waals surface area contributed by atoms with Crippen LogP contribution in [0.25, 0.3) is 5.69 Å². The number of carbonyl (C=O) groups is 2. The maximum Gasteiger partial charge on any atom is 0.434 e. The number of hydrogen-bond acceptors (Lipinski definition) is 4. The Bertz CT molecular complexity index is 901. The van der Waals surface area contributed by atoms with Crippen LogP contribution in [0.5, 0.6) is 0 Å². The number of nitrogens with one attached hydrogen (secondary N) is 1. The predicted molar refractivity (Wildman–Crippen MR) is 97.2 cm³/mol. The molecule has 0 aliphatic heterocycles. The first-order chi connectivity index (χ1) is 13.2. The van der Waals surface area contributed by atoms with Crippen LogP contribution in [0.3, 0.4) is 0 Å². The highest BCUT2D eigenvalue weighted by Crippen LogP contribution is 2.34. The van der Waals surface area contributed by atoms with E-state index in [2.05, 4.69) is 15.2 Å². The molecular weight excluding hydrogens is 375 g/mol. The molecular formula is C19H20F3N3O3. The summed E-state index contributed by atoms with van der Waals surface area (Å²) >= 11 is 0. The minimum absolute atomic E-state index is 0.0396. The molecule has 0 spiro atoms. The van der Waals surface area contributed by atoms with Gasteiger partial charge in [0.15, 0.2) is 5.69 Å². The van der Waals surface area contributed by atoms with Crippen LogP contribution in [0, 0.1) is 0 Å². The van der Waals surface area contributed by atoms with Crippen LogP contribution < -0.4 is 5.32 Å². The molecule has 1 aromatic carbocycles. The summed E-state index contributed by atoms with van der Waals surface area (Å²) in [4.78, 5) is 24.0. The number of alkyl halides is 3. The Hall–Kier alpha value is -3.10. The number of benzene rings is 1. The minimum Gasteiger partial charge on any atom is -0.462 e. The number of amides is 1. The maximum absolute atomic E-state index is 13.6. The van der Waals surface area contributed by atoms with Gasteiger partial charge >= 0.3 is 12.1 Å². The highest BCUT2D eigenvalue weighted by atomic mass is 19.4. The molecule has 0 aliphatic carbocycles. The summed E-state index contributed by atoms with van der Waals surface area (Å²) in [5, 5.41) is 6.34. The van der Waals surface area contributed by atoms with E-state index in [1.54, 1.807) is 19.1 Å². The quantitative estimate of drug-likeness (QED) is 0.583. The number of esters is 1. The summed E-state index contributed by atoms with van der Waals surface area (Å²) in [5.41, 5.74) is -1.08.